The summed E-state index contributed by atoms with van der Waals surface area (Å²) < 4.78 is 13.4. The number of ether oxygens (including phenoxy) is 2. The van der Waals surface area contributed by atoms with E-state index in [1.165, 1.54) is 6.33 Å². The van der Waals surface area contributed by atoms with E-state index in [-0.39, 0.29) is 18.3 Å². The quantitative estimate of drug-likeness (QED) is 0.197. The van der Waals surface area contributed by atoms with Gasteiger partial charge in [-0.3, -0.25) is 14.7 Å². The van der Waals surface area contributed by atoms with Crippen molar-refractivity contribution in [1.29, 1.82) is 0 Å². The highest BCUT2D eigenvalue weighted by molar-refractivity contribution is 6.06. The molecule has 6 aromatic rings. The number of imidazole rings is 1. The lowest BCUT2D eigenvalue weighted by atomic mass is 9.76. The van der Waals surface area contributed by atoms with Gasteiger partial charge < -0.3 is 19.9 Å². The van der Waals surface area contributed by atoms with Crippen LogP contribution >= 0.6 is 0 Å². The Morgan fingerprint density at radius 3 is 2.09 bits per heavy atom. The van der Waals surface area contributed by atoms with Crippen molar-refractivity contribution in [3.8, 4) is 5.75 Å². The molecule has 10 nitrogen and oxygen atoms in total. The molecule has 4 aromatic carbocycles. The van der Waals surface area contributed by atoms with Crippen molar-refractivity contribution in [2.75, 3.05) is 19.0 Å². The lowest BCUT2D eigenvalue weighted by Crippen LogP contribution is -2.53. The maximum Gasteiger partial charge on any atom is 0.256 e. The third-order valence-corrected chi connectivity index (χ3v) is 8.39. The smallest absolute Gasteiger partial charge is 0.256 e. The van der Waals surface area contributed by atoms with Crippen LogP contribution in [0.2, 0.25) is 0 Å². The summed E-state index contributed by atoms with van der Waals surface area (Å²) in [5, 5.41) is 18.5. The van der Waals surface area contributed by atoms with Gasteiger partial charge in [-0.05, 0) is 41.0 Å². The van der Waals surface area contributed by atoms with Gasteiger partial charge in [-0.25, -0.2) is 15.0 Å². The summed E-state index contributed by atoms with van der Waals surface area (Å²) in [7, 11) is 1.65. The predicted octanol–water partition coefficient (Wildman–Crippen LogP) is 4.93. The Kier molecular flexibility index (Phi) is 7.98. The molecule has 0 saturated carbocycles. The predicted molar refractivity (Wildman–Crippen MR) is 173 cm³/mol. The highest BCUT2D eigenvalue weighted by atomic mass is 16.5. The number of rotatable bonds is 9. The maximum atomic E-state index is 12.8. The Morgan fingerprint density at radius 2 is 1.46 bits per heavy atom. The standard InChI is InChI=1S/C36H32N6O4/c1-45-28-19-17-27(18-20-28)36(25-13-7-3-8-14-25,26-15-9-4-10-16-26)41-29-21-46-35(31(29)43)42-23-39-30-32(37-22-38-33(30)42)40-34(44)24-11-5-2-6-12-24/h2-20,22-23,29,31,35,41,43H,21H2,1H3,(H,37,38,40,44)/t29-,31+,35+/m0/s1. The second kappa shape index (κ2) is 12.5. The van der Waals surface area contributed by atoms with Crippen LogP contribution < -0.4 is 15.4 Å². The first-order valence-electron chi connectivity index (χ1n) is 15.0. The highest BCUT2D eigenvalue weighted by Crippen LogP contribution is 2.40. The molecule has 1 saturated heterocycles. The summed E-state index contributed by atoms with van der Waals surface area (Å²) in [4.78, 5) is 26.1. The molecule has 2 aromatic heterocycles. The Morgan fingerprint density at radius 1 is 0.848 bits per heavy atom. The number of fused-ring (bicyclic) bond motifs is 1. The first-order chi connectivity index (χ1) is 22.6. The second-order valence-electron chi connectivity index (χ2n) is 11.0. The van der Waals surface area contributed by atoms with Gasteiger partial charge in [0.25, 0.3) is 5.91 Å². The zero-order chi connectivity index (χ0) is 31.5. The van der Waals surface area contributed by atoms with Crippen LogP contribution in [0.15, 0.2) is 128 Å². The number of carbonyl (C=O) groups excluding carboxylic acids is 1. The molecule has 1 aliphatic rings. The van der Waals surface area contributed by atoms with Crippen LogP contribution in [0.3, 0.4) is 0 Å². The molecule has 0 aliphatic carbocycles. The number of aromatic nitrogens is 4. The monoisotopic (exact) mass is 612 g/mol. The third-order valence-electron chi connectivity index (χ3n) is 8.39. The number of nitrogens with zero attached hydrogens (tertiary/aromatic N) is 4. The number of carbonyl (C=O) groups is 1. The number of benzene rings is 4. The minimum atomic E-state index is -0.986. The molecule has 1 aliphatic heterocycles. The summed E-state index contributed by atoms with van der Waals surface area (Å²) in [6, 6.07) is 36.6. The van der Waals surface area contributed by atoms with Gasteiger partial charge in [-0.15, -0.1) is 0 Å². The fraction of sp³-hybridized carbons (Fsp3) is 0.167. The highest BCUT2D eigenvalue weighted by Gasteiger charge is 2.45. The first-order valence-corrected chi connectivity index (χ1v) is 15.0. The second-order valence-corrected chi connectivity index (χ2v) is 11.0. The summed E-state index contributed by atoms with van der Waals surface area (Å²) in [6.45, 7) is 0.214. The molecule has 0 spiro atoms. The van der Waals surface area contributed by atoms with E-state index in [0.29, 0.717) is 16.7 Å². The van der Waals surface area contributed by atoms with Crippen molar-refractivity contribution in [2.24, 2.45) is 0 Å². The molecule has 7 rings (SSSR count). The van der Waals surface area contributed by atoms with Crippen molar-refractivity contribution in [2.45, 2.75) is 23.9 Å². The number of aliphatic hydroxyl groups excluding tert-OH is 1. The first kappa shape index (κ1) is 29.3. The average Bonchev–Trinajstić information content (AvgIpc) is 3.71. The van der Waals surface area contributed by atoms with Gasteiger partial charge in [0.1, 0.15) is 18.2 Å². The summed E-state index contributed by atoms with van der Waals surface area (Å²) in [5.74, 6) is 0.705. The van der Waals surface area contributed by atoms with E-state index in [2.05, 4.69) is 49.9 Å². The number of amides is 1. The van der Waals surface area contributed by atoms with E-state index in [4.69, 9.17) is 9.47 Å². The van der Waals surface area contributed by atoms with Crippen LogP contribution in [0.1, 0.15) is 33.3 Å². The van der Waals surface area contributed by atoms with Gasteiger partial charge in [0, 0.05) is 5.56 Å². The van der Waals surface area contributed by atoms with Gasteiger partial charge in [0.05, 0.1) is 31.6 Å². The summed E-state index contributed by atoms with van der Waals surface area (Å²) in [5.41, 5.74) is 3.45. The van der Waals surface area contributed by atoms with Crippen LogP contribution in [0.25, 0.3) is 11.2 Å². The number of nitrogens with one attached hydrogen (secondary N) is 2. The van der Waals surface area contributed by atoms with Crippen LogP contribution in [0, 0.1) is 0 Å². The molecule has 230 valence electrons. The number of aliphatic hydroxyl groups is 1. The topological polar surface area (TPSA) is 123 Å². The van der Waals surface area contributed by atoms with Gasteiger partial charge in [0.15, 0.2) is 23.2 Å². The van der Waals surface area contributed by atoms with Gasteiger partial charge in [-0.1, -0.05) is 91.0 Å². The molecule has 3 atom stereocenters. The van der Waals surface area contributed by atoms with E-state index >= 15 is 0 Å². The lowest BCUT2D eigenvalue weighted by molar-refractivity contribution is -0.00808. The number of hydrogen-bond acceptors (Lipinski definition) is 8. The Bertz CT molecular complexity index is 1900. The molecule has 46 heavy (non-hydrogen) atoms. The third kappa shape index (κ3) is 5.28. The zero-order valence-corrected chi connectivity index (χ0v) is 25.0. The minimum Gasteiger partial charge on any atom is -0.497 e. The molecule has 0 unspecified atom stereocenters. The van der Waals surface area contributed by atoms with Crippen molar-refractivity contribution >= 4 is 22.9 Å². The SMILES string of the molecule is COc1ccc(C(N[C@H]2CO[C@@H](n3cnc4c(NC(=O)c5ccccc5)ncnc43)[C@@H]2O)(c2ccccc2)c2ccccc2)cc1. The molecular weight excluding hydrogens is 580 g/mol. The van der Waals surface area contributed by atoms with Crippen molar-refractivity contribution in [1.82, 2.24) is 24.8 Å². The van der Waals surface area contributed by atoms with Crippen LogP contribution in [-0.4, -0.2) is 56.4 Å². The van der Waals surface area contributed by atoms with Gasteiger partial charge in [0.2, 0.25) is 0 Å². The van der Waals surface area contributed by atoms with Crippen molar-refractivity contribution in [3.63, 3.8) is 0 Å². The molecule has 10 heteroatoms. The van der Waals surface area contributed by atoms with Crippen LogP contribution in [0.5, 0.6) is 5.75 Å². The molecule has 3 N–H and O–H groups in total. The molecule has 3 heterocycles. The van der Waals surface area contributed by atoms with Gasteiger partial charge >= 0.3 is 0 Å². The van der Waals surface area contributed by atoms with Crippen molar-refractivity contribution < 1.29 is 19.4 Å². The Hall–Kier alpha value is -5.42. The van der Waals surface area contributed by atoms with Crippen LogP contribution in [-0.2, 0) is 10.3 Å². The fourth-order valence-corrected chi connectivity index (χ4v) is 6.11. The number of methoxy groups -OCH3 is 1. The van der Waals surface area contributed by atoms with E-state index in [0.717, 1.165) is 22.4 Å². The van der Waals surface area contributed by atoms with E-state index in [1.54, 1.807) is 42.3 Å². The maximum absolute atomic E-state index is 12.8. The average molecular weight is 613 g/mol. The van der Waals surface area contributed by atoms with Gasteiger partial charge in [-0.2, -0.15) is 0 Å². The summed E-state index contributed by atoms with van der Waals surface area (Å²) in [6.07, 6.45) is 1.13. The van der Waals surface area contributed by atoms with Crippen molar-refractivity contribution in [3.05, 3.63) is 150 Å². The number of hydrogen-bond donors (Lipinski definition) is 3. The molecular formula is C36H32N6O4. The normalized spacial score (nSPS) is 18.0. The Balaban J connectivity index is 1.23. The van der Waals surface area contributed by atoms with E-state index in [1.807, 2.05) is 66.7 Å². The number of anilines is 1. The molecule has 0 radical (unpaired) electrons. The fourth-order valence-electron chi connectivity index (χ4n) is 6.11. The minimum absolute atomic E-state index is 0.214. The molecule has 1 fully saturated rings. The largest absolute Gasteiger partial charge is 0.497 e. The summed E-state index contributed by atoms with van der Waals surface area (Å²) >= 11 is 0. The van der Waals surface area contributed by atoms with E-state index in [9.17, 15) is 9.90 Å². The molecule has 0 bridgehead atoms. The van der Waals surface area contributed by atoms with Crippen LogP contribution in [0.4, 0.5) is 5.82 Å². The lowest BCUT2D eigenvalue weighted by Gasteiger charge is -2.40. The van der Waals surface area contributed by atoms with E-state index < -0.39 is 23.9 Å². The zero-order valence-electron chi connectivity index (χ0n) is 25.0. The molecule has 1 amide bonds. The Labute approximate surface area is 265 Å².